The van der Waals surface area contributed by atoms with Crippen LogP contribution in [0.1, 0.15) is 39.7 Å². The van der Waals surface area contributed by atoms with Gasteiger partial charge in [-0.3, -0.25) is 15.1 Å². The quantitative estimate of drug-likeness (QED) is 0.560. The fourth-order valence-electron chi connectivity index (χ4n) is 3.52. The molecular formula is C16H20N2O4S2. The van der Waals surface area contributed by atoms with Gasteiger partial charge < -0.3 is 0 Å². The van der Waals surface area contributed by atoms with Crippen LogP contribution < -0.4 is 0 Å². The van der Waals surface area contributed by atoms with E-state index in [-0.39, 0.29) is 5.69 Å². The SMILES string of the molecule is CC1=N[C@]2(C)c3cc([N+](=O)[O-])ccc3SCC[C@H]2S(=O)(=O)C1(C)C. The van der Waals surface area contributed by atoms with Gasteiger partial charge in [-0.2, -0.15) is 0 Å². The summed E-state index contributed by atoms with van der Waals surface area (Å²) in [4.78, 5) is 16.4. The molecule has 2 atom stereocenters. The molecule has 0 aromatic heterocycles. The number of hydrogen-bond donors (Lipinski definition) is 0. The van der Waals surface area contributed by atoms with Crippen molar-refractivity contribution in [1.29, 1.82) is 0 Å². The van der Waals surface area contributed by atoms with E-state index < -0.39 is 30.3 Å². The Kier molecular flexibility index (Phi) is 3.84. The number of fused-ring (bicyclic) bond motifs is 3. The molecule has 0 fully saturated rings. The van der Waals surface area contributed by atoms with Gasteiger partial charge in [0.2, 0.25) is 0 Å². The summed E-state index contributed by atoms with van der Waals surface area (Å²) in [7, 11) is -3.48. The first-order valence-electron chi connectivity index (χ1n) is 7.74. The Hall–Kier alpha value is -1.41. The van der Waals surface area contributed by atoms with Crippen molar-refractivity contribution >= 4 is 33.0 Å². The lowest BCUT2D eigenvalue weighted by molar-refractivity contribution is -0.385. The Bertz CT molecular complexity index is 861. The molecule has 0 bridgehead atoms. The number of non-ortho nitro benzene ring substituents is 1. The minimum absolute atomic E-state index is 0.0358. The third-order valence-electron chi connectivity index (χ3n) is 5.34. The first-order chi connectivity index (χ1) is 11.0. The Balaban J connectivity index is 2.34. The zero-order valence-electron chi connectivity index (χ0n) is 14.1. The summed E-state index contributed by atoms with van der Waals surface area (Å²) in [5, 5.41) is 10.5. The minimum Gasteiger partial charge on any atom is -0.280 e. The molecule has 0 spiro atoms. The van der Waals surface area contributed by atoms with E-state index in [1.54, 1.807) is 45.5 Å². The van der Waals surface area contributed by atoms with Crippen LogP contribution in [0.5, 0.6) is 0 Å². The van der Waals surface area contributed by atoms with Gasteiger partial charge in [0.05, 0.1) is 10.2 Å². The number of thioether (sulfide) groups is 1. The fraction of sp³-hybridized carbons (Fsp3) is 0.562. The number of hydrogen-bond acceptors (Lipinski definition) is 6. The van der Waals surface area contributed by atoms with Gasteiger partial charge in [-0.15, -0.1) is 11.8 Å². The van der Waals surface area contributed by atoms with Crippen molar-refractivity contribution in [3.8, 4) is 0 Å². The Labute approximate surface area is 145 Å². The van der Waals surface area contributed by atoms with Crippen molar-refractivity contribution in [2.75, 3.05) is 5.75 Å². The molecule has 2 aliphatic heterocycles. The molecule has 130 valence electrons. The number of benzene rings is 1. The molecule has 0 N–H and O–H groups in total. The highest BCUT2D eigenvalue weighted by molar-refractivity contribution is 7.99. The molecule has 0 aliphatic carbocycles. The lowest BCUT2D eigenvalue weighted by Crippen LogP contribution is -2.56. The highest BCUT2D eigenvalue weighted by atomic mass is 32.2. The van der Waals surface area contributed by atoms with Gasteiger partial charge in [0.25, 0.3) is 5.69 Å². The van der Waals surface area contributed by atoms with Crippen molar-refractivity contribution < 1.29 is 13.3 Å². The molecule has 0 radical (unpaired) electrons. The van der Waals surface area contributed by atoms with Crippen LogP contribution >= 0.6 is 11.8 Å². The predicted molar refractivity (Wildman–Crippen MR) is 95.7 cm³/mol. The highest BCUT2D eigenvalue weighted by Gasteiger charge is 2.56. The van der Waals surface area contributed by atoms with E-state index in [1.807, 2.05) is 0 Å². The molecular weight excluding hydrogens is 348 g/mol. The standard InChI is InChI=1S/C16H20N2O4S2/c1-10-15(2,3)24(21,22)14-7-8-23-13-6-5-11(18(19)20)9-12(13)16(14,4)17-10/h5-6,9,14H,7-8H2,1-4H3/t14-,16-/m1/s1. The first-order valence-corrected chi connectivity index (χ1v) is 10.3. The van der Waals surface area contributed by atoms with Gasteiger partial charge in [0, 0.05) is 28.3 Å². The van der Waals surface area contributed by atoms with E-state index in [9.17, 15) is 18.5 Å². The maximum absolute atomic E-state index is 13.2. The average molecular weight is 368 g/mol. The largest absolute Gasteiger partial charge is 0.280 e. The molecule has 1 aromatic carbocycles. The summed E-state index contributed by atoms with van der Waals surface area (Å²) in [5.41, 5.74) is 0.156. The van der Waals surface area contributed by atoms with Gasteiger partial charge in [-0.1, -0.05) is 0 Å². The van der Waals surface area contributed by atoms with Gasteiger partial charge in [0.15, 0.2) is 9.84 Å². The van der Waals surface area contributed by atoms with E-state index in [2.05, 4.69) is 0 Å². The summed E-state index contributed by atoms with van der Waals surface area (Å²) in [6.45, 7) is 6.90. The van der Waals surface area contributed by atoms with Crippen molar-refractivity contribution in [2.24, 2.45) is 4.99 Å². The van der Waals surface area contributed by atoms with Gasteiger partial charge >= 0.3 is 0 Å². The predicted octanol–water partition coefficient (Wildman–Crippen LogP) is 3.34. The lowest BCUT2D eigenvalue weighted by atomic mass is 9.86. The lowest BCUT2D eigenvalue weighted by Gasteiger charge is -2.44. The summed E-state index contributed by atoms with van der Waals surface area (Å²) in [6, 6.07) is 4.67. The topological polar surface area (TPSA) is 89.6 Å². The molecule has 1 aromatic rings. The molecule has 0 saturated carbocycles. The van der Waals surface area contributed by atoms with Gasteiger partial charge in [-0.25, -0.2) is 8.42 Å². The second kappa shape index (κ2) is 5.29. The molecule has 2 aliphatic rings. The average Bonchev–Trinajstić information content (AvgIpc) is 2.63. The fourth-order valence-corrected chi connectivity index (χ4v) is 7.21. The van der Waals surface area contributed by atoms with Gasteiger partial charge in [0.1, 0.15) is 10.3 Å². The monoisotopic (exact) mass is 368 g/mol. The molecule has 0 amide bonds. The third-order valence-corrected chi connectivity index (χ3v) is 9.61. The highest BCUT2D eigenvalue weighted by Crippen LogP contribution is 2.50. The van der Waals surface area contributed by atoms with Crippen LogP contribution in [0.25, 0.3) is 0 Å². The maximum Gasteiger partial charge on any atom is 0.269 e. The van der Waals surface area contributed by atoms with E-state index >= 15 is 0 Å². The number of nitro benzene ring substituents is 1. The van der Waals surface area contributed by atoms with Crippen LogP contribution in [-0.4, -0.2) is 34.8 Å². The number of sulfone groups is 1. The Morgan fingerprint density at radius 1 is 1.33 bits per heavy atom. The zero-order valence-corrected chi connectivity index (χ0v) is 15.7. The van der Waals surface area contributed by atoms with E-state index in [0.29, 0.717) is 23.4 Å². The molecule has 0 saturated heterocycles. The van der Waals surface area contributed by atoms with Crippen LogP contribution in [0.4, 0.5) is 5.69 Å². The number of nitrogens with zero attached hydrogens (tertiary/aromatic N) is 2. The van der Waals surface area contributed by atoms with E-state index in [1.165, 1.54) is 12.1 Å². The van der Waals surface area contributed by atoms with Crippen molar-refractivity contribution in [3.05, 3.63) is 33.9 Å². The molecule has 24 heavy (non-hydrogen) atoms. The van der Waals surface area contributed by atoms with Gasteiger partial charge in [-0.05, 0) is 45.9 Å². The molecule has 8 heteroatoms. The normalized spacial score (nSPS) is 30.5. The first kappa shape index (κ1) is 17.4. The summed E-state index contributed by atoms with van der Waals surface area (Å²) in [5.74, 6) is 0.648. The Morgan fingerprint density at radius 3 is 2.62 bits per heavy atom. The van der Waals surface area contributed by atoms with Crippen molar-refractivity contribution in [3.63, 3.8) is 0 Å². The second-order valence-electron chi connectivity index (χ2n) is 6.96. The van der Waals surface area contributed by atoms with Crippen molar-refractivity contribution in [1.82, 2.24) is 0 Å². The molecule has 3 rings (SSSR count). The smallest absolute Gasteiger partial charge is 0.269 e. The Morgan fingerprint density at radius 2 is 2.00 bits per heavy atom. The van der Waals surface area contributed by atoms with Crippen LogP contribution in [0.3, 0.4) is 0 Å². The van der Waals surface area contributed by atoms with Crippen LogP contribution in [-0.2, 0) is 15.4 Å². The van der Waals surface area contributed by atoms with E-state index in [4.69, 9.17) is 4.99 Å². The van der Waals surface area contributed by atoms with Crippen LogP contribution in [0, 0.1) is 10.1 Å². The molecule has 6 nitrogen and oxygen atoms in total. The van der Waals surface area contributed by atoms with Crippen LogP contribution in [0.15, 0.2) is 28.1 Å². The molecule has 2 heterocycles. The summed E-state index contributed by atoms with van der Waals surface area (Å²) in [6.07, 6.45) is 0.478. The van der Waals surface area contributed by atoms with E-state index in [0.717, 1.165) is 4.90 Å². The number of aliphatic imine (C=N–C) groups is 1. The van der Waals surface area contributed by atoms with Crippen molar-refractivity contribution in [2.45, 2.75) is 54.5 Å². The number of rotatable bonds is 1. The summed E-state index contributed by atoms with van der Waals surface area (Å²) < 4.78 is 25.5. The van der Waals surface area contributed by atoms with Crippen LogP contribution in [0.2, 0.25) is 0 Å². The minimum atomic E-state index is -3.48. The zero-order chi connectivity index (χ0) is 17.9. The molecule has 0 unspecified atom stereocenters. The maximum atomic E-state index is 13.2. The summed E-state index contributed by atoms with van der Waals surface area (Å²) >= 11 is 1.54. The second-order valence-corrected chi connectivity index (χ2v) is 10.8. The number of nitro groups is 1. The third kappa shape index (κ3) is 2.23.